The van der Waals surface area contributed by atoms with Crippen LogP contribution in [0.4, 0.5) is 0 Å². The molecule has 3 nitrogen and oxygen atoms in total. The van der Waals surface area contributed by atoms with Crippen molar-refractivity contribution in [2.24, 2.45) is 13.0 Å². The lowest BCUT2D eigenvalue weighted by Crippen LogP contribution is -2.30. The van der Waals surface area contributed by atoms with Gasteiger partial charge in [0.2, 0.25) is 0 Å². The van der Waals surface area contributed by atoms with Gasteiger partial charge in [-0.2, -0.15) is 0 Å². The molecule has 0 amide bonds. The van der Waals surface area contributed by atoms with E-state index in [4.69, 9.17) is 0 Å². The molecule has 1 aromatic rings. The van der Waals surface area contributed by atoms with E-state index >= 15 is 0 Å². The number of rotatable bonds is 4. The van der Waals surface area contributed by atoms with Gasteiger partial charge in [0, 0.05) is 32.0 Å². The van der Waals surface area contributed by atoms with Crippen LogP contribution in [0.15, 0.2) is 18.3 Å². The molecule has 16 heavy (non-hydrogen) atoms. The van der Waals surface area contributed by atoms with Crippen LogP contribution in [-0.2, 0) is 13.6 Å². The van der Waals surface area contributed by atoms with Crippen LogP contribution in [0.3, 0.4) is 0 Å². The van der Waals surface area contributed by atoms with E-state index in [1.54, 1.807) is 0 Å². The molecule has 1 heterocycles. The Balaban J connectivity index is 1.84. The van der Waals surface area contributed by atoms with Crippen molar-refractivity contribution in [2.45, 2.75) is 31.9 Å². The zero-order valence-electron chi connectivity index (χ0n) is 10.3. The van der Waals surface area contributed by atoms with Gasteiger partial charge in [-0.1, -0.05) is 6.42 Å². The summed E-state index contributed by atoms with van der Waals surface area (Å²) in [7, 11) is 4.21. The highest BCUT2D eigenvalue weighted by Gasteiger charge is 2.26. The summed E-state index contributed by atoms with van der Waals surface area (Å²) in [5, 5.41) is 9.79. The Kier molecular flexibility index (Phi) is 3.66. The van der Waals surface area contributed by atoms with E-state index < -0.39 is 0 Å². The molecular formula is C13H22N2O. The molecule has 0 saturated heterocycles. The van der Waals surface area contributed by atoms with Gasteiger partial charge in [-0.15, -0.1) is 0 Å². The minimum atomic E-state index is -0.0733. The zero-order chi connectivity index (χ0) is 11.5. The lowest BCUT2D eigenvalue weighted by Gasteiger charge is -2.23. The van der Waals surface area contributed by atoms with Gasteiger partial charge in [0.25, 0.3) is 0 Å². The Labute approximate surface area is 97.7 Å². The van der Waals surface area contributed by atoms with Crippen molar-refractivity contribution in [2.75, 3.05) is 13.6 Å². The van der Waals surface area contributed by atoms with Crippen LogP contribution in [0.5, 0.6) is 0 Å². The summed E-state index contributed by atoms with van der Waals surface area (Å²) in [5.74, 6) is 0.477. The SMILES string of the molecule is CN(Cc1cccn1C)CC1CCCC1O. The summed E-state index contributed by atoms with van der Waals surface area (Å²) < 4.78 is 2.15. The van der Waals surface area contributed by atoms with E-state index in [9.17, 15) is 5.11 Å². The first kappa shape index (κ1) is 11.7. The molecule has 0 radical (unpaired) electrons. The fourth-order valence-electron chi connectivity index (χ4n) is 2.63. The Morgan fingerprint density at radius 2 is 2.31 bits per heavy atom. The van der Waals surface area contributed by atoms with E-state index in [0.717, 1.165) is 19.5 Å². The number of aliphatic hydroxyl groups is 1. The monoisotopic (exact) mass is 222 g/mol. The van der Waals surface area contributed by atoms with Gasteiger partial charge in [-0.3, -0.25) is 0 Å². The molecule has 2 atom stereocenters. The molecule has 0 aromatic carbocycles. The molecule has 1 fully saturated rings. The van der Waals surface area contributed by atoms with E-state index in [1.807, 2.05) is 0 Å². The fourth-order valence-corrected chi connectivity index (χ4v) is 2.63. The third kappa shape index (κ3) is 2.66. The summed E-state index contributed by atoms with van der Waals surface area (Å²) in [4.78, 5) is 2.31. The maximum absolute atomic E-state index is 9.79. The highest BCUT2D eigenvalue weighted by atomic mass is 16.3. The lowest BCUT2D eigenvalue weighted by atomic mass is 10.1. The molecule has 1 N–H and O–H groups in total. The summed E-state index contributed by atoms with van der Waals surface area (Å²) >= 11 is 0. The van der Waals surface area contributed by atoms with Gasteiger partial charge in [-0.05, 0) is 37.9 Å². The van der Waals surface area contributed by atoms with E-state index in [1.165, 1.54) is 18.5 Å². The molecule has 1 aromatic heterocycles. The van der Waals surface area contributed by atoms with Crippen molar-refractivity contribution in [1.29, 1.82) is 0 Å². The first-order valence-electron chi connectivity index (χ1n) is 6.13. The van der Waals surface area contributed by atoms with Crippen LogP contribution >= 0.6 is 0 Å². The average molecular weight is 222 g/mol. The minimum absolute atomic E-state index is 0.0733. The molecule has 0 spiro atoms. The van der Waals surface area contributed by atoms with Gasteiger partial charge in [0.05, 0.1) is 6.10 Å². The van der Waals surface area contributed by atoms with Gasteiger partial charge >= 0.3 is 0 Å². The maximum atomic E-state index is 9.79. The molecule has 3 heteroatoms. The number of aromatic nitrogens is 1. The van der Waals surface area contributed by atoms with E-state index in [2.05, 4.69) is 41.9 Å². The van der Waals surface area contributed by atoms with Crippen molar-refractivity contribution < 1.29 is 5.11 Å². The highest BCUT2D eigenvalue weighted by molar-refractivity contribution is 5.06. The second-order valence-corrected chi connectivity index (χ2v) is 5.07. The van der Waals surface area contributed by atoms with Gasteiger partial charge < -0.3 is 14.6 Å². The molecule has 0 bridgehead atoms. The standard InChI is InChI=1S/C13H22N2O/c1-14(9-11-5-3-7-13(11)16)10-12-6-4-8-15(12)2/h4,6,8,11,13,16H,3,5,7,9-10H2,1-2H3. The predicted molar refractivity (Wildman–Crippen MR) is 65.1 cm³/mol. The van der Waals surface area contributed by atoms with Gasteiger partial charge in [0.1, 0.15) is 0 Å². The molecule has 1 aliphatic rings. The van der Waals surface area contributed by atoms with Crippen LogP contribution in [0, 0.1) is 5.92 Å². The van der Waals surface area contributed by atoms with Crippen molar-refractivity contribution in [3.63, 3.8) is 0 Å². The molecular weight excluding hydrogens is 200 g/mol. The quantitative estimate of drug-likeness (QED) is 0.838. The Morgan fingerprint density at radius 3 is 2.88 bits per heavy atom. The van der Waals surface area contributed by atoms with Gasteiger partial charge in [0.15, 0.2) is 0 Å². The first-order valence-corrected chi connectivity index (χ1v) is 6.13. The van der Waals surface area contributed by atoms with E-state index in [-0.39, 0.29) is 6.10 Å². The Bertz CT molecular complexity index is 334. The summed E-state index contributed by atoms with van der Waals surface area (Å²) in [6.07, 6.45) is 5.36. The maximum Gasteiger partial charge on any atom is 0.0580 e. The van der Waals surface area contributed by atoms with Crippen LogP contribution in [0.1, 0.15) is 25.0 Å². The Hall–Kier alpha value is -0.800. The van der Waals surface area contributed by atoms with Crippen molar-refractivity contribution in [3.8, 4) is 0 Å². The van der Waals surface area contributed by atoms with E-state index in [0.29, 0.717) is 5.92 Å². The van der Waals surface area contributed by atoms with Crippen molar-refractivity contribution in [3.05, 3.63) is 24.0 Å². The van der Waals surface area contributed by atoms with Gasteiger partial charge in [-0.25, -0.2) is 0 Å². The normalized spacial score (nSPS) is 25.5. The lowest BCUT2D eigenvalue weighted by molar-refractivity contribution is 0.107. The van der Waals surface area contributed by atoms with Crippen LogP contribution in [-0.4, -0.2) is 34.3 Å². The largest absolute Gasteiger partial charge is 0.393 e. The fraction of sp³-hybridized carbons (Fsp3) is 0.692. The first-order chi connectivity index (χ1) is 7.66. The summed E-state index contributed by atoms with van der Waals surface area (Å²) in [6.45, 7) is 1.97. The number of hydrogen-bond donors (Lipinski definition) is 1. The smallest absolute Gasteiger partial charge is 0.0580 e. The molecule has 0 aliphatic heterocycles. The second kappa shape index (κ2) is 5.02. The summed E-state index contributed by atoms with van der Waals surface area (Å²) in [6, 6.07) is 4.23. The zero-order valence-corrected chi connectivity index (χ0v) is 10.3. The highest BCUT2D eigenvalue weighted by Crippen LogP contribution is 2.26. The number of aliphatic hydroxyl groups excluding tert-OH is 1. The third-order valence-electron chi connectivity index (χ3n) is 3.65. The molecule has 2 rings (SSSR count). The molecule has 2 unspecified atom stereocenters. The molecule has 90 valence electrons. The van der Waals surface area contributed by atoms with Crippen LogP contribution in [0.2, 0.25) is 0 Å². The molecule has 1 saturated carbocycles. The number of nitrogens with zero attached hydrogens (tertiary/aromatic N) is 2. The third-order valence-corrected chi connectivity index (χ3v) is 3.65. The average Bonchev–Trinajstić information content (AvgIpc) is 2.79. The summed E-state index contributed by atoms with van der Waals surface area (Å²) in [5.41, 5.74) is 1.33. The molecule has 1 aliphatic carbocycles. The topological polar surface area (TPSA) is 28.4 Å². The number of aryl methyl sites for hydroxylation is 1. The van der Waals surface area contributed by atoms with Crippen LogP contribution in [0.25, 0.3) is 0 Å². The Morgan fingerprint density at radius 1 is 1.50 bits per heavy atom. The predicted octanol–water partition coefficient (Wildman–Crippen LogP) is 1.62. The second-order valence-electron chi connectivity index (χ2n) is 5.07. The number of hydrogen-bond acceptors (Lipinski definition) is 2. The van der Waals surface area contributed by atoms with Crippen LogP contribution < -0.4 is 0 Å². The minimum Gasteiger partial charge on any atom is -0.393 e. The van der Waals surface area contributed by atoms with Crippen molar-refractivity contribution >= 4 is 0 Å². The van der Waals surface area contributed by atoms with Crippen molar-refractivity contribution in [1.82, 2.24) is 9.47 Å².